The van der Waals surface area contributed by atoms with Crippen molar-refractivity contribution in [3.8, 4) is 0 Å². The second-order valence-electron chi connectivity index (χ2n) is 5.03. The number of hydrogen-bond donors (Lipinski definition) is 2. The van der Waals surface area contributed by atoms with Gasteiger partial charge in [0, 0.05) is 19.1 Å². The number of halogens is 1. The predicted molar refractivity (Wildman–Crippen MR) is 79.1 cm³/mol. The molecule has 1 atom stereocenters. The van der Waals surface area contributed by atoms with Crippen molar-refractivity contribution < 1.29 is 9.59 Å². The summed E-state index contributed by atoms with van der Waals surface area (Å²) in [5.41, 5.74) is 0.889. The third-order valence-electron chi connectivity index (χ3n) is 3.25. The predicted octanol–water partition coefficient (Wildman–Crippen LogP) is 1.73. The first-order valence-electron chi connectivity index (χ1n) is 6.54. The number of rotatable bonds is 3. The molecule has 6 heteroatoms. The van der Waals surface area contributed by atoms with E-state index in [9.17, 15) is 9.59 Å². The van der Waals surface area contributed by atoms with E-state index in [-0.39, 0.29) is 17.9 Å². The van der Waals surface area contributed by atoms with Crippen LogP contribution in [0.1, 0.15) is 23.2 Å². The highest BCUT2D eigenvalue weighted by Gasteiger charge is 2.23. The van der Waals surface area contributed by atoms with Gasteiger partial charge in [0.15, 0.2) is 0 Å². The second kappa shape index (κ2) is 6.24. The molecule has 1 heterocycles. The molecule has 0 aliphatic carbocycles. The molecule has 1 aromatic carbocycles. The molecule has 2 rings (SSSR count). The molecule has 1 fully saturated rings. The lowest BCUT2D eigenvalue weighted by Crippen LogP contribution is -2.36. The van der Waals surface area contributed by atoms with E-state index in [4.69, 9.17) is 11.6 Å². The highest BCUT2D eigenvalue weighted by molar-refractivity contribution is 6.31. The SMILES string of the molecule is CN(C)C(=O)c1ccc(Cl)cc1NC(=O)[C@@H]1CCCN1. The molecular formula is C14H18ClN3O2. The lowest BCUT2D eigenvalue weighted by Gasteiger charge is -2.17. The zero-order valence-corrected chi connectivity index (χ0v) is 12.3. The summed E-state index contributed by atoms with van der Waals surface area (Å²) in [5.74, 6) is -0.297. The van der Waals surface area contributed by atoms with Gasteiger partial charge in [0.2, 0.25) is 5.91 Å². The Kier molecular flexibility index (Phi) is 4.62. The van der Waals surface area contributed by atoms with Crippen molar-refractivity contribution in [2.24, 2.45) is 0 Å². The van der Waals surface area contributed by atoms with Crippen molar-refractivity contribution in [3.05, 3.63) is 28.8 Å². The van der Waals surface area contributed by atoms with Gasteiger partial charge in [0.25, 0.3) is 5.91 Å². The van der Waals surface area contributed by atoms with Crippen LogP contribution in [-0.2, 0) is 4.79 Å². The number of hydrogen-bond acceptors (Lipinski definition) is 3. The molecule has 5 nitrogen and oxygen atoms in total. The smallest absolute Gasteiger partial charge is 0.255 e. The Balaban J connectivity index is 2.22. The van der Waals surface area contributed by atoms with E-state index in [1.54, 1.807) is 32.3 Å². The summed E-state index contributed by atoms with van der Waals surface area (Å²) in [6, 6.07) is 4.67. The van der Waals surface area contributed by atoms with Gasteiger partial charge in [-0.05, 0) is 37.6 Å². The van der Waals surface area contributed by atoms with Crippen LogP contribution in [0, 0.1) is 0 Å². The summed E-state index contributed by atoms with van der Waals surface area (Å²) in [4.78, 5) is 25.7. The molecule has 0 saturated carbocycles. The minimum absolute atomic E-state index is 0.127. The van der Waals surface area contributed by atoms with E-state index in [1.807, 2.05) is 0 Å². The third kappa shape index (κ3) is 3.29. The largest absolute Gasteiger partial charge is 0.345 e. The molecule has 0 radical (unpaired) electrons. The van der Waals surface area contributed by atoms with E-state index in [0.29, 0.717) is 16.3 Å². The molecule has 1 saturated heterocycles. The van der Waals surface area contributed by atoms with E-state index >= 15 is 0 Å². The van der Waals surface area contributed by atoms with Gasteiger partial charge in [0.1, 0.15) is 0 Å². The van der Waals surface area contributed by atoms with Crippen LogP contribution in [0.15, 0.2) is 18.2 Å². The van der Waals surface area contributed by atoms with Crippen molar-refractivity contribution in [1.29, 1.82) is 0 Å². The highest BCUT2D eigenvalue weighted by Crippen LogP contribution is 2.23. The Bertz CT molecular complexity index is 525. The van der Waals surface area contributed by atoms with Crippen molar-refractivity contribution in [1.82, 2.24) is 10.2 Å². The van der Waals surface area contributed by atoms with E-state index in [0.717, 1.165) is 19.4 Å². The van der Waals surface area contributed by atoms with Crippen molar-refractivity contribution >= 4 is 29.1 Å². The molecule has 108 valence electrons. The summed E-state index contributed by atoms with van der Waals surface area (Å²) in [5, 5.41) is 6.40. The van der Waals surface area contributed by atoms with Gasteiger partial charge in [-0.25, -0.2) is 0 Å². The van der Waals surface area contributed by atoms with Gasteiger partial charge in [-0.1, -0.05) is 11.6 Å². The summed E-state index contributed by atoms with van der Waals surface area (Å²) in [6.07, 6.45) is 1.79. The molecule has 20 heavy (non-hydrogen) atoms. The van der Waals surface area contributed by atoms with E-state index in [1.165, 1.54) is 4.90 Å². The first kappa shape index (κ1) is 14.8. The van der Waals surface area contributed by atoms with Crippen LogP contribution in [0.5, 0.6) is 0 Å². The number of carbonyl (C=O) groups is 2. The Hall–Kier alpha value is -1.59. The lowest BCUT2D eigenvalue weighted by atomic mass is 10.1. The van der Waals surface area contributed by atoms with Gasteiger partial charge in [0.05, 0.1) is 17.3 Å². The van der Waals surface area contributed by atoms with Crippen LogP contribution < -0.4 is 10.6 Å². The fraction of sp³-hybridized carbons (Fsp3) is 0.429. The molecule has 2 amide bonds. The number of carbonyl (C=O) groups excluding carboxylic acids is 2. The van der Waals surface area contributed by atoms with Gasteiger partial charge < -0.3 is 15.5 Å². The fourth-order valence-electron chi connectivity index (χ4n) is 2.18. The first-order chi connectivity index (χ1) is 9.49. The summed E-state index contributed by atoms with van der Waals surface area (Å²) in [6.45, 7) is 0.844. The summed E-state index contributed by atoms with van der Waals surface area (Å²) in [7, 11) is 3.34. The average Bonchev–Trinajstić information content (AvgIpc) is 2.92. The number of nitrogens with one attached hydrogen (secondary N) is 2. The van der Waals surface area contributed by atoms with Crippen LogP contribution in [0.3, 0.4) is 0 Å². The fourth-order valence-corrected chi connectivity index (χ4v) is 2.35. The Morgan fingerprint density at radius 1 is 1.40 bits per heavy atom. The van der Waals surface area contributed by atoms with Crippen LogP contribution >= 0.6 is 11.6 Å². The Labute approximate surface area is 123 Å². The maximum Gasteiger partial charge on any atom is 0.255 e. The van der Waals surface area contributed by atoms with Gasteiger partial charge in [-0.3, -0.25) is 9.59 Å². The van der Waals surface area contributed by atoms with Crippen molar-refractivity contribution in [2.75, 3.05) is 26.0 Å². The van der Waals surface area contributed by atoms with Crippen molar-refractivity contribution in [3.63, 3.8) is 0 Å². The number of anilines is 1. The molecule has 2 N–H and O–H groups in total. The van der Waals surface area contributed by atoms with Gasteiger partial charge >= 0.3 is 0 Å². The lowest BCUT2D eigenvalue weighted by molar-refractivity contribution is -0.117. The van der Waals surface area contributed by atoms with Crippen LogP contribution in [-0.4, -0.2) is 43.4 Å². The monoisotopic (exact) mass is 295 g/mol. The maximum absolute atomic E-state index is 12.1. The minimum atomic E-state index is -0.198. The van der Waals surface area contributed by atoms with Gasteiger partial charge in [-0.2, -0.15) is 0 Å². The molecule has 0 unspecified atom stereocenters. The molecule has 0 bridgehead atoms. The molecule has 1 aliphatic rings. The maximum atomic E-state index is 12.1. The number of benzene rings is 1. The molecule has 0 spiro atoms. The molecular weight excluding hydrogens is 278 g/mol. The highest BCUT2D eigenvalue weighted by atomic mass is 35.5. The summed E-state index contributed by atoms with van der Waals surface area (Å²) < 4.78 is 0. The minimum Gasteiger partial charge on any atom is -0.345 e. The van der Waals surface area contributed by atoms with Crippen molar-refractivity contribution in [2.45, 2.75) is 18.9 Å². The van der Waals surface area contributed by atoms with Crippen LogP contribution in [0.4, 0.5) is 5.69 Å². The normalized spacial score (nSPS) is 17.9. The van der Waals surface area contributed by atoms with Crippen LogP contribution in [0.25, 0.3) is 0 Å². The third-order valence-corrected chi connectivity index (χ3v) is 3.49. The number of nitrogens with zero attached hydrogens (tertiary/aromatic N) is 1. The second-order valence-corrected chi connectivity index (χ2v) is 5.46. The van der Waals surface area contributed by atoms with Crippen LogP contribution in [0.2, 0.25) is 5.02 Å². The van der Waals surface area contributed by atoms with E-state index in [2.05, 4.69) is 10.6 Å². The number of amides is 2. The quantitative estimate of drug-likeness (QED) is 0.893. The van der Waals surface area contributed by atoms with E-state index < -0.39 is 0 Å². The standard InChI is InChI=1S/C14H18ClN3O2/c1-18(2)14(20)10-6-5-9(15)8-12(10)17-13(19)11-4-3-7-16-11/h5-6,8,11,16H,3-4,7H2,1-2H3,(H,17,19)/t11-/m0/s1. The topological polar surface area (TPSA) is 61.4 Å². The Morgan fingerprint density at radius 3 is 2.75 bits per heavy atom. The van der Waals surface area contributed by atoms with Gasteiger partial charge in [-0.15, -0.1) is 0 Å². The first-order valence-corrected chi connectivity index (χ1v) is 6.92. The summed E-state index contributed by atoms with van der Waals surface area (Å²) >= 11 is 5.95. The molecule has 1 aliphatic heterocycles. The molecule has 1 aromatic rings. The zero-order valence-electron chi connectivity index (χ0n) is 11.6. The zero-order chi connectivity index (χ0) is 14.7. The Morgan fingerprint density at radius 2 is 2.15 bits per heavy atom. The molecule has 0 aromatic heterocycles. The average molecular weight is 296 g/mol.